The summed E-state index contributed by atoms with van der Waals surface area (Å²) in [5.74, 6) is -0.889. The second-order valence-corrected chi connectivity index (χ2v) is 20.9. The summed E-state index contributed by atoms with van der Waals surface area (Å²) >= 11 is 0. The van der Waals surface area contributed by atoms with Crippen molar-refractivity contribution in [3.05, 3.63) is 97.2 Å². The summed E-state index contributed by atoms with van der Waals surface area (Å²) in [6.07, 6.45) is 84.2. The van der Waals surface area contributed by atoms with Gasteiger partial charge in [-0.2, -0.15) is 0 Å². The maximum atomic E-state index is 12.9. The Morgan fingerprint density at radius 2 is 0.520 bits per heavy atom. The molecule has 0 heterocycles. The van der Waals surface area contributed by atoms with E-state index in [1.165, 1.54) is 148 Å². The van der Waals surface area contributed by atoms with Crippen LogP contribution in [0.4, 0.5) is 0 Å². The predicted octanol–water partition coefficient (Wildman–Crippen LogP) is 21.7. The normalized spacial score (nSPS) is 12.7. The van der Waals surface area contributed by atoms with Crippen molar-refractivity contribution >= 4 is 17.9 Å². The van der Waals surface area contributed by atoms with Crippen LogP contribution in [-0.4, -0.2) is 37.2 Å². The van der Waals surface area contributed by atoms with Gasteiger partial charge in [-0.3, -0.25) is 14.4 Å². The molecule has 0 N–H and O–H groups in total. The number of allylic oxidation sites excluding steroid dienone is 16. The molecule has 6 heteroatoms. The number of hydrogen-bond donors (Lipinski definition) is 0. The van der Waals surface area contributed by atoms with E-state index in [1.54, 1.807) is 0 Å². The van der Waals surface area contributed by atoms with E-state index >= 15 is 0 Å². The molecule has 6 nitrogen and oxygen atoms in total. The number of carbonyl (C=O) groups excluding carboxylic acids is 3. The third-order valence-corrected chi connectivity index (χ3v) is 13.6. The highest BCUT2D eigenvalue weighted by Crippen LogP contribution is 2.16. The summed E-state index contributed by atoms with van der Waals surface area (Å²) in [7, 11) is 0. The maximum absolute atomic E-state index is 12.9. The third-order valence-electron chi connectivity index (χ3n) is 13.6. The van der Waals surface area contributed by atoms with Crippen LogP contribution >= 0.6 is 0 Å². The Morgan fingerprint density at radius 1 is 0.280 bits per heavy atom. The van der Waals surface area contributed by atoms with Crippen LogP contribution in [0.2, 0.25) is 0 Å². The van der Waals surface area contributed by atoms with Gasteiger partial charge in [0.25, 0.3) is 0 Å². The summed E-state index contributed by atoms with van der Waals surface area (Å²) in [4.78, 5) is 38.2. The van der Waals surface area contributed by atoms with Gasteiger partial charge in [0.2, 0.25) is 0 Å². The van der Waals surface area contributed by atoms with Crippen LogP contribution in [0, 0.1) is 0 Å². The lowest BCUT2D eigenvalue weighted by molar-refractivity contribution is -0.167. The first-order valence-electron chi connectivity index (χ1n) is 31.7. The highest BCUT2D eigenvalue weighted by Gasteiger charge is 2.19. The van der Waals surface area contributed by atoms with Crippen molar-refractivity contribution in [2.45, 2.75) is 309 Å². The maximum Gasteiger partial charge on any atom is 0.306 e. The van der Waals surface area contributed by atoms with Crippen molar-refractivity contribution in [3.63, 3.8) is 0 Å². The zero-order valence-electron chi connectivity index (χ0n) is 49.3. The van der Waals surface area contributed by atoms with Crippen LogP contribution < -0.4 is 0 Å². The molecule has 0 bridgehead atoms. The lowest BCUT2D eigenvalue weighted by Gasteiger charge is -2.18. The molecule has 0 saturated heterocycles. The van der Waals surface area contributed by atoms with Crippen molar-refractivity contribution in [1.82, 2.24) is 0 Å². The Kier molecular flexibility index (Phi) is 59.8. The van der Waals surface area contributed by atoms with E-state index in [-0.39, 0.29) is 31.1 Å². The molecule has 0 spiro atoms. The molecule has 0 aliphatic carbocycles. The zero-order chi connectivity index (χ0) is 54.3. The Labute approximate surface area is 464 Å². The van der Waals surface area contributed by atoms with Crippen molar-refractivity contribution in [2.24, 2.45) is 0 Å². The first-order chi connectivity index (χ1) is 37.0. The molecule has 0 aliphatic rings. The number of ether oxygens (including phenoxy) is 3. The van der Waals surface area contributed by atoms with Crippen LogP contribution in [0.25, 0.3) is 0 Å². The number of carbonyl (C=O) groups is 3. The minimum Gasteiger partial charge on any atom is -0.462 e. The van der Waals surface area contributed by atoms with Crippen LogP contribution in [0.15, 0.2) is 97.2 Å². The van der Waals surface area contributed by atoms with Gasteiger partial charge in [0.05, 0.1) is 0 Å². The Bertz CT molecular complexity index is 1480. The molecule has 430 valence electrons. The van der Waals surface area contributed by atoms with Gasteiger partial charge in [-0.05, 0) is 103 Å². The number of hydrogen-bond acceptors (Lipinski definition) is 6. The summed E-state index contributed by atoms with van der Waals surface area (Å²) < 4.78 is 16.9. The monoisotopic (exact) mass is 1040 g/mol. The molecule has 0 aliphatic heterocycles. The predicted molar refractivity (Wildman–Crippen MR) is 325 cm³/mol. The SMILES string of the molecule is CC/C=C\C/C=C\C/C=C\C/C=C\C/C=C\CCCCCCCCCCCC(=O)OCC(COC(=O)CCCCCCCCCCC)OC(=O)CCCCCCCCCC/C=C\C/C=C\C/C=C\CCCCCCC. The van der Waals surface area contributed by atoms with Crippen molar-refractivity contribution in [1.29, 1.82) is 0 Å². The molecule has 0 aromatic heterocycles. The quantitative estimate of drug-likeness (QED) is 0.0261. The average molecular weight is 1040 g/mol. The molecule has 1 unspecified atom stereocenters. The molecular formula is C69H118O6. The fourth-order valence-corrected chi connectivity index (χ4v) is 8.83. The van der Waals surface area contributed by atoms with E-state index in [2.05, 4.69) is 118 Å². The second kappa shape index (κ2) is 62.9. The van der Waals surface area contributed by atoms with Gasteiger partial charge in [-0.1, -0.05) is 279 Å². The van der Waals surface area contributed by atoms with Crippen molar-refractivity contribution in [3.8, 4) is 0 Å². The largest absolute Gasteiger partial charge is 0.462 e. The minimum absolute atomic E-state index is 0.0806. The van der Waals surface area contributed by atoms with Gasteiger partial charge in [-0.15, -0.1) is 0 Å². The molecule has 0 amide bonds. The molecular weight excluding hydrogens is 925 g/mol. The lowest BCUT2D eigenvalue weighted by atomic mass is 10.1. The van der Waals surface area contributed by atoms with Crippen LogP contribution in [-0.2, 0) is 28.6 Å². The van der Waals surface area contributed by atoms with Crippen LogP contribution in [0.3, 0.4) is 0 Å². The average Bonchev–Trinajstić information content (AvgIpc) is 3.41. The van der Waals surface area contributed by atoms with Crippen molar-refractivity contribution in [2.75, 3.05) is 13.2 Å². The van der Waals surface area contributed by atoms with Crippen molar-refractivity contribution < 1.29 is 28.6 Å². The minimum atomic E-state index is -0.783. The zero-order valence-corrected chi connectivity index (χ0v) is 49.3. The van der Waals surface area contributed by atoms with Gasteiger partial charge in [0.1, 0.15) is 13.2 Å². The Hall–Kier alpha value is -3.67. The summed E-state index contributed by atoms with van der Waals surface area (Å²) in [5.41, 5.74) is 0. The number of rotatable bonds is 57. The Balaban J connectivity index is 4.26. The summed E-state index contributed by atoms with van der Waals surface area (Å²) in [6.45, 7) is 6.50. The molecule has 0 fully saturated rings. The van der Waals surface area contributed by atoms with Gasteiger partial charge in [0, 0.05) is 19.3 Å². The number of esters is 3. The molecule has 0 saturated carbocycles. The van der Waals surface area contributed by atoms with E-state index in [0.29, 0.717) is 19.3 Å². The Morgan fingerprint density at radius 3 is 0.813 bits per heavy atom. The fourth-order valence-electron chi connectivity index (χ4n) is 8.83. The van der Waals surface area contributed by atoms with Crippen LogP contribution in [0.5, 0.6) is 0 Å². The van der Waals surface area contributed by atoms with E-state index < -0.39 is 6.10 Å². The molecule has 1 atom stereocenters. The second-order valence-electron chi connectivity index (χ2n) is 20.9. The van der Waals surface area contributed by atoms with E-state index in [1.807, 2.05) is 0 Å². The molecule has 0 aromatic carbocycles. The molecule has 0 aromatic rings. The molecule has 0 rings (SSSR count). The van der Waals surface area contributed by atoms with E-state index in [9.17, 15) is 14.4 Å². The van der Waals surface area contributed by atoms with Gasteiger partial charge in [0.15, 0.2) is 6.10 Å². The lowest BCUT2D eigenvalue weighted by Crippen LogP contribution is -2.30. The molecule has 0 radical (unpaired) electrons. The van der Waals surface area contributed by atoms with Crippen LogP contribution in [0.1, 0.15) is 303 Å². The summed E-state index contributed by atoms with van der Waals surface area (Å²) in [5, 5.41) is 0. The highest BCUT2D eigenvalue weighted by atomic mass is 16.6. The first-order valence-corrected chi connectivity index (χ1v) is 31.7. The fraction of sp³-hybridized carbons (Fsp3) is 0.725. The topological polar surface area (TPSA) is 78.9 Å². The smallest absolute Gasteiger partial charge is 0.306 e. The van der Waals surface area contributed by atoms with E-state index in [4.69, 9.17) is 14.2 Å². The van der Waals surface area contributed by atoms with E-state index in [0.717, 1.165) is 116 Å². The standard InChI is InChI=1S/C69H118O6/c1-4-7-10-13-16-19-21-23-25-27-29-31-33-34-36-37-39-41-43-45-47-50-53-56-59-62-68(71)74-65-66(64-73-67(70)61-58-55-52-49-18-15-12-9-6-3)75-69(72)63-60-57-54-51-48-46-44-42-40-38-35-32-30-28-26-24-22-20-17-14-11-8-5-2/h7,10,16,19,22-25,28-31,34-36,38,66H,4-6,8-9,11-15,17-18,20-21,26-27,32-33,37,39-65H2,1-3H3/b10-7-,19-16-,24-22-,25-23-,30-28-,31-29-,36-34-,38-35-. The van der Waals surface area contributed by atoms with Gasteiger partial charge in [-0.25, -0.2) is 0 Å². The highest BCUT2D eigenvalue weighted by molar-refractivity contribution is 5.71. The molecule has 75 heavy (non-hydrogen) atoms. The summed E-state index contributed by atoms with van der Waals surface area (Å²) in [6, 6.07) is 0. The third kappa shape index (κ3) is 61.1. The van der Waals surface area contributed by atoms with Gasteiger partial charge >= 0.3 is 17.9 Å². The number of unbranched alkanes of at least 4 members (excludes halogenated alkanes) is 30. The first kappa shape index (κ1) is 71.3. The van der Waals surface area contributed by atoms with Gasteiger partial charge < -0.3 is 14.2 Å².